The lowest BCUT2D eigenvalue weighted by molar-refractivity contribution is 0.0722. The smallest absolute Gasteiger partial charge is 0.290 e. The largest absolute Gasteiger partial charge is 0.450 e. The van der Waals surface area contributed by atoms with Crippen LogP contribution in [0.5, 0.6) is 0 Å². The Morgan fingerprint density at radius 1 is 1.06 bits per heavy atom. The van der Waals surface area contributed by atoms with Gasteiger partial charge in [-0.2, -0.15) is 0 Å². The summed E-state index contributed by atoms with van der Waals surface area (Å²) in [5.41, 5.74) is 3.84. The maximum Gasteiger partial charge on any atom is 0.290 e. The van der Waals surface area contributed by atoms with Gasteiger partial charge in [-0.25, -0.2) is 0 Å². The molecule has 6 heteroatoms. The zero-order chi connectivity index (χ0) is 22.3. The first kappa shape index (κ1) is 21.7. The fraction of sp³-hybridized carbons (Fsp3) is 0.360. The Morgan fingerprint density at radius 2 is 1.74 bits per heavy atom. The molecule has 0 aliphatic carbocycles. The molecule has 0 saturated carbocycles. The number of carbonyl (C=O) groups excluding carboxylic acids is 1. The zero-order valence-corrected chi connectivity index (χ0v) is 19.5. The lowest BCUT2D eigenvalue weighted by atomic mass is 9.97. The number of nitrogens with zero attached hydrogens (tertiary/aromatic N) is 2. The summed E-state index contributed by atoms with van der Waals surface area (Å²) in [7, 11) is 4.03. The van der Waals surface area contributed by atoms with Crippen LogP contribution < -0.4 is 5.43 Å². The Kier molecular flexibility index (Phi) is 5.95. The first-order valence-electron chi connectivity index (χ1n) is 10.5. The third-order valence-electron chi connectivity index (χ3n) is 6.02. The predicted molar refractivity (Wildman–Crippen MR) is 126 cm³/mol. The van der Waals surface area contributed by atoms with E-state index in [-0.39, 0.29) is 17.1 Å². The van der Waals surface area contributed by atoms with Crippen molar-refractivity contribution in [3.8, 4) is 0 Å². The summed E-state index contributed by atoms with van der Waals surface area (Å²) in [6.07, 6.45) is 2.85. The van der Waals surface area contributed by atoms with E-state index in [1.54, 1.807) is 16.7 Å². The molecule has 0 saturated heterocycles. The van der Waals surface area contributed by atoms with Crippen molar-refractivity contribution in [3.63, 3.8) is 0 Å². The lowest BCUT2D eigenvalue weighted by Gasteiger charge is -2.26. The van der Waals surface area contributed by atoms with E-state index in [1.807, 2.05) is 70.6 Å². The Labute approximate surface area is 187 Å². The third-order valence-corrected chi connectivity index (χ3v) is 6.76. The number of rotatable bonds is 6. The van der Waals surface area contributed by atoms with Crippen molar-refractivity contribution in [1.82, 2.24) is 9.80 Å². The highest BCUT2D eigenvalue weighted by atomic mass is 32.2. The molecule has 0 fully saturated rings. The van der Waals surface area contributed by atoms with Gasteiger partial charge in [0.15, 0.2) is 5.43 Å². The molecule has 162 valence electrons. The highest BCUT2D eigenvalue weighted by Gasteiger charge is 2.42. The van der Waals surface area contributed by atoms with Crippen LogP contribution >= 0.6 is 11.8 Å². The average Bonchev–Trinajstić information content (AvgIpc) is 3.02. The molecule has 31 heavy (non-hydrogen) atoms. The normalized spacial score (nSPS) is 15.9. The molecule has 1 aliphatic rings. The molecule has 0 bridgehead atoms. The maximum atomic E-state index is 13.6. The molecule has 2 heterocycles. The number of hydrogen-bond acceptors (Lipinski definition) is 5. The quantitative estimate of drug-likeness (QED) is 0.528. The van der Waals surface area contributed by atoms with E-state index in [0.717, 1.165) is 34.6 Å². The number of hydrogen-bond donors (Lipinski definition) is 0. The molecule has 1 amide bonds. The summed E-state index contributed by atoms with van der Waals surface area (Å²) in [5.74, 6) is -0.0190. The zero-order valence-electron chi connectivity index (χ0n) is 18.7. The Balaban J connectivity index is 1.88. The minimum atomic E-state index is -0.428. The van der Waals surface area contributed by atoms with Gasteiger partial charge in [0.2, 0.25) is 5.76 Å². The predicted octanol–water partition coefficient (Wildman–Crippen LogP) is 4.63. The Bertz CT molecular complexity index is 1200. The van der Waals surface area contributed by atoms with Crippen LogP contribution in [0.2, 0.25) is 0 Å². The van der Waals surface area contributed by atoms with Crippen molar-refractivity contribution in [2.24, 2.45) is 0 Å². The van der Waals surface area contributed by atoms with Gasteiger partial charge in [0.25, 0.3) is 5.91 Å². The van der Waals surface area contributed by atoms with Crippen LogP contribution in [0, 0.1) is 13.8 Å². The highest BCUT2D eigenvalue weighted by molar-refractivity contribution is 7.98. The van der Waals surface area contributed by atoms with Crippen LogP contribution in [0.4, 0.5) is 0 Å². The summed E-state index contributed by atoms with van der Waals surface area (Å²) in [4.78, 5) is 32.1. The maximum absolute atomic E-state index is 13.6. The van der Waals surface area contributed by atoms with E-state index in [0.29, 0.717) is 23.1 Å². The van der Waals surface area contributed by atoms with Gasteiger partial charge in [0.05, 0.1) is 17.0 Å². The van der Waals surface area contributed by atoms with Gasteiger partial charge in [0, 0.05) is 11.4 Å². The molecule has 0 N–H and O–H groups in total. The van der Waals surface area contributed by atoms with Crippen molar-refractivity contribution in [2.45, 2.75) is 31.2 Å². The molecule has 2 aromatic carbocycles. The van der Waals surface area contributed by atoms with Crippen molar-refractivity contribution >= 4 is 28.6 Å². The van der Waals surface area contributed by atoms with E-state index in [4.69, 9.17) is 4.42 Å². The fourth-order valence-electron chi connectivity index (χ4n) is 4.20. The van der Waals surface area contributed by atoms with Crippen LogP contribution in [0.1, 0.15) is 45.3 Å². The topological polar surface area (TPSA) is 53.8 Å². The van der Waals surface area contributed by atoms with E-state index >= 15 is 0 Å². The van der Waals surface area contributed by atoms with Gasteiger partial charge in [-0.05, 0) is 88.1 Å². The minimum absolute atomic E-state index is 0.109. The third kappa shape index (κ3) is 3.90. The molecule has 0 unspecified atom stereocenters. The monoisotopic (exact) mass is 436 g/mol. The molecule has 1 atom stereocenters. The van der Waals surface area contributed by atoms with Crippen LogP contribution in [0.3, 0.4) is 0 Å². The van der Waals surface area contributed by atoms with Gasteiger partial charge >= 0.3 is 0 Å². The fourth-order valence-corrected chi connectivity index (χ4v) is 4.60. The number of benzene rings is 2. The van der Waals surface area contributed by atoms with Gasteiger partial charge in [-0.3, -0.25) is 9.59 Å². The summed E-state index contributed by atoms with van der Waals surface area (Å²) >= 11 is 1.67. The van der Waals surface area contributed by atoms with Crippen LogP contribution in [0.25, 0.3) is 11.0 Å². The SMILES string of the molecule is CSc1ccc([C@@H]2c3c(oc4cc(C)c(C)cc4c3=O)C(=O)N2CCCN(C)C)cc1. The first-order chi connectivity index (χ1) is 14.8. The highest BCUT2D eigenvalue weighted by Crippen LogP contribution is 2.38. The summed E-state index contributed by atoms with van der Waals surface area (Å²) in [6, 6.07) is 11.4. The average molecular weight is 437 g/mol. The molecule has 3 aromatic rings. The molecule has 0 radical (unpaired) electrons. The van der Waals surface area contributed by atoms with Gasteiger partial charge in [0.1, 0.15) is 5.58 Å². The van der Waals surface area contributed by atoms with E-state index in [2.05, 4.69) is 4.90 Å². The second-order valence-electron chi connectivity index (χ2n) is 8.44. The molecule has 0 spiro atoms. The number of amides is 1. The van der Waals surface area contributed by atoms with E-state index in [1.165, 1.54) is 0 Å². The van der Waals surface area contributed by atoms with Gasteiger partial charge < -0.3 is 14.2 Å². The van der Waals surface area contributed by atoms with E-state index < -0.39 is 6.04 Å². The minimum Gasteiger partial charge on any atom is -0.450 e. The van der Waals surface area contributed by atoms with Crippen molar-refractivity contribution in [2.75, 3.05) is 33.4 Å². The number of thioether (sulfide) groups is 1. The summed E-state index contributed by atoms with van der Waals surface area (Å²) in [6.45, 7) is 5.39. The van der Waals surface area contributed by atoms with Gasteiger partial charge in [-0.1, -0.05) is 12.1 Å². The second kappa shape index (κ2) is 8.52. The standard InChI is InChI=1S/C25H28N2O3S/c1-15-13-19-20(14-16(15)2)30-24-21(23(19)28)22(17-7-9-18(31-5)10-8-17)27(25(24)29)12-6-11-26(3)4/h7-10,13-14,22H,6,11-12H2,1-5H3/t22-/m1/s1. The second-order valence-corrected chi connectivity index (χ2v) is 9.32. The van der Waals surface area contributed by atoms with Crippen molar-refractivity contribution in [3.05, 3.63) is 74.6 Å². The lowest BCUT2D eigenvalue weighted by Crippen LogP contribution is -2.32. The Hall–Kier alpha value is -2.57. The number of aryl methyl sites for hydroxylation is 2. The summed E-state index contributed by atoms with van der Waals surface area (Å²) < 4.78 is 6.08. The Morgan fingerprint density at radius 3 is 2.39 bits per heavy atom. The molecule has 4 rings (SSSR count). The van der Waals surface area contributed by atoms with Crippen LogP contribution in [-0.4, -0.2) is 49.1 Å². The molecular formula is C25H28N2O3S. The van der Waals surface area contributed by atoms with Gasteiger partial charge in [-0.15, -0.1) is 11.8 Å². The van der Waals surface area contributed by atoms with Crippen molar-refractivity contribution < 1.29 is 9.21 Å². The number of carbonyl (C=O) groups is 1. The molecule has 1 aliphatic heterocycles. The molecular weight excluding hydrogens is 408 g/mol. The van der Waals surface area contributed by atoms with E-state index in [9.17, 15) is 9.59 Å². The van der Waals surface area contributed by atoms with Crippen LogP contribution in [-0.2, 0) is 0 Å². The van der Waals surface area contributed by atoms with Crippen molar-refractivity contribution in [1.29, 1.82) is 0 Å². The summed E-state index contributed by atoms with van der Waals surface area (Å²) in [5, 5.41) is 0.538. The van der Waals surface area contributed by atoms with Crippen LogP contribution in [0.15, 0.2) is 50.5 Å². The molecule has 5 nitrogen and oxygen atoms in total. The number of fused-ring (bicyclic) bond motifs is 2. The molecule has 1 aromatic heterocycles. The first-order valence-corrected chi connectivity index (χ1v) is 11.7.